The van der Waals surface area contributed by atoms with Crippen molar-refractivity contribution in [3.05, 3.63) is 58.9 Å². The highest BCUT2D eigenvalue weighted by molar-refractivity contribution is 5.94. The SMILES string of the molecule is COc1cc2c(cc1OC)C(CNC(=O)c1cccc(F)c1)CC2. The molecule has 0 heterocycles. The van der Waals surface area contributed by atoms with Gasteiger partial charge in [-0.1, -0.05) is 6.07 Å². The van der Waals surface area contributed by atoms with Crippen molar-refractivity contribution in [2.24, 2.45) is 0 Å². The van der Waals surface area contributed by atoms with Crippen molar-refractivity contribution in [1.29, 1.82) is 0 Å². The van der Waals surface area contributed by atoms with Gasteiger partial charge in [-0.05, 0) is 54.3 Å². The lowest BCUT2D eigenvalue weighted by molar-refractivity contribution is 0.0950. The number of methoxy groups -OCH3 is 2. The van der Waals surface area contributed by atoms with Gasteiger partial charge in [-0.15, -0.1) is 0 Å². The summed E-state index contributed by atoms with van der Waals surface area (Å²) in [7, 11) is 3.23. The molecule has 0 fully saturated rings. The standard InChI is InChI=1S/C19H20FNO3/c1-23-17-9-12-6-7-14(16(12)10-18(17)24-2)11-21-19(22)13-4-3-5-15(20)8-13/h3-5,8-10,14H,6-7,11H2,1-2H3,(H,21,22). The van der Waals surface area contributed by atoms with Gasteiger partial charge in [-0.2, -0.15) is 0 Å². The molecule has 0 spiro atoms. The molecule has 5 heteroatoms. The van der Waals surface area contributed by atoms with Crippen LogP contribution in [0.5, 0.6) is 11.5 Å². The van der Waals surface area contributed by atoms with Crippen molar-refractivity contribution in [3.8, 4) is 11.5 Å². The van der Waals surface area contributed by atoms with E-state index in [4.69, 9.17) is 9.47 Å². The average molecular weight is 329 g/mol. The van der Waals surface area contributed by atoms with Gasteiger partial charge in [-0.25, -0.2) is 4.39 Å². The van der Waals surface area contributed by atoms with Crippen molar-refractivity contribution in [2.45, 2.75) is 18.8 Å². The number of hydrogen-bond acceptors (Lipinski definition) is 3. The van der Waals surface area contributed by atoms with Crippen LogP contribution in [0.25, 0.3) is 0 Å². The number of carbonyl (C=O) groups is 1. The average Bonchev–Trinajstić information content (AvgIpc) is 3.00. The maximum absolute atomic E-state index is 13.2. The summed E-state index contributed by atoms with van der Waals surface area (Å²) in [5.74, 6) is 0.965. The van der Waals surface area contributed by atoms with E-state index in [2.05, 4.69) is 5.32 Å². The monoisotopic (exact) mass is 329 g/mol. The molecule has 1 aliphatic carbocycles. The largest absolute Gasteiger partial charge is 0.493 e. The first kappa shape index (κ1) is 16.3. The molecule has 1 unspecified atom stereocenters. The Morgan fingerprint density at radius 3 is 2.67 bits per heavy atom. The zero-order valence-electron chi connectivity index (χ0n) is 13.8. The summed E-state index contributed by atoms with van der Waals surface area (Å²) in [5.41, 5.74) is 2.73. The fourth-order valence-electron chi connectivity index (χ4n) is 3.18. The molecule has 126 valence electrons. The Hall–Kier alpha value is -2.56. The summed E-state index contributed by atoms with van der Waals surface area (Å²) < 4.78 is 23.9. The summed E-state index contributed by atoms with van der Waals surface area (Å²) in [6.45, 7) is 0.512. The van der Waals surface area contributed by atoms with E-state index in [1.54, 1.807) is 20.3 Å². The number of halogens is 1. The Bertz CT molecular complexity index is 760. The van der Waals surface area contributed by atoms with Gasteiger partial charge in [0.1, 0.15) is 5.82 Å². The summed E-state index contributed by atoms with van der Waals surface area (Å²) in [4.78, 5) is 12.2. The normalized spacial score (nSPS) is 15.7. The fraction of sp³-hybridized carbons (Fsp3) is 0.316. The van der Waals surface area contributed by atoms with Crippen LogP contribution in [0, 0.1) is 5.82 Å². The summed E-state index contributed by atoms with van der Waals surface area (Å²) in [5, 5.41) is 2.90. The lowest BCUT2D eigenvalue weighted by Gasteiger charge is -2.15. The van der Waals surface area contributed by atoms with E-state index in [0.717, 1.165) is 18.6 Å². The minimum Gasteiger partial charge on any atom is -0.493 e. The number of fused-ring (bicyclic) bond motifs is 1. The molecule has 0 aliphatic heterocycles. The second kappa shape index (κ2) is 6.91. The molecule has 24 heavy (non-hydrogen) atoms. The van der Waals surface area contributed by atoms with Crippen LogP contribution in [0.2, 0.25) is 0 Å². The van der Waals surface area contributed by atoms with Crippen LogP contribution >= 0.6 is 0 Å². The molecule has 1 atom stereocenters. The number of nitrogens with one attached hydrogen (secondary N) is 1. The number of rotatable bonds is 5. The van der Waals surface area contributed by atoms with E-state index in [0.29, 0.717) is 17.9 Å². The molecule has 1 amide bonds. The molecular formula is C19H20FNO3. The smallest absolute Gasteiger partial charge is 0.251 e. The molecule has 1 N–H and O–H groups in total. The van der Waals surface area contributed by atoms with E-state index >= 15 is 0 Å². The Kier molecular flexibility index (Phi) is 4.69. The fourth-order valence-corrected chi connectivity index (χ4v) is 3.18. The van der Waals surface area contributed by atoms with E-state index in [9.17, 15) is 9.18 Å². The van der Waals surface area contributed by atoms with Crippen molar-refractivity contribution in [1.82, 2.24) is 5.32 Å². The van der Waals surface area contributed by atoms with Gasteiger partial charge in [0.25, 0.3) is 5.91 Å². The van der Waals surface area contributed by atoms with Crippen LogP contribution in [-0.4, -0.2) is 26.7 Å². The number of hydrogen-bond donors (Lipinski definition) is 1. The number of aryl methyl sites for hydroxylation is 1. The highest BCUT2D eigenvalue weighted by atomic mass is 19.1. The summed E-state index contributed by atoms with van der Waals surface area (Å²) in [6, 6.07) is 9.69. The lowest BCUT2D eigenvalue weighted by atomic mass is 10.0. The van der Waals surface area contributed by atoms with Crippen LogP contribution in [-0.2, 0) is 6.42 Å². The van der Waals surface area contributed by atoms with Crippen LogP contribution in [0.1, 0.15) is 33.8 Å². The molecule has 0 saturated carbocycles. The molecule has 4 nitrogen and oxygen atoms in total. The van der Waals surface area contributed by atoms with Crippen LogP contribution in [0.3, 0.4) is 0 Å². The highest BCUT2D eigenvalue weighted by Crippen LogP contribution is 2.40. The lowest BCUT2D eigenvalue weighted by Crippen LogP contribution is -2.27. The van der Waals surface area contributed by atoms with Gasteiger partial charge in [0.05, 0.1) is 14.2 Å². The third kappa shape index (κ3) is 3.20. The molecular weight excluding hydrogens is 309 g/mol. The second-order valence-electron chi connectivity index (χ2n) is 5.86. The first-order valence-corrected chi connectivity index (χ1v) is 7.91. The number of benzene rings is 2. The molecule has 0 aromatic heterocycles. The minimum atomic E-state index is -0.411. The maximum Gasteiger partial charge on any atom is 0.251 e. The Labute approximate surface area is 140 Å². The number of ether oxygens (including phenoxy) is 2. The van der Waals surface area contributed by atoms with Crippen molar-refractivity contribution in [3.63, 3.8) is 0 Å². The first-order valence-electron chi connectivity index (χ1n) is 7.91. The predicted octanol–water partition coefficient (Wildman–Crippen LogP) is 3.30. The topological polar surface area (TPSA) is 47.6 Å². The van der Waals surface area contributed by atoms with E-state index < -0.39 is 5.82 Å². The molecule has 0 saturated heterocycles. The number of carbonyl (C=O) groups excluding carboxylic acids is 1. The second-order valence-corrected chi connectivity index (χ2v) is 5.86. The number of amides is 1. The Morgan fingerprint density at radius 2 is 1.96 bits per heavy atom. The molecule has 0 bridgehead atoms. The maximum atomic E-state index is 13.2. The quantitative estimate of drug-likeness (QED) is 0.915. The zero-order chi connectivity index (χ0) is 17.1. The van der Waals surface area contributed by atoms with Crippen molar-refractivity contribution >= 4 is 5.91 Å². The van der Waals surface area contributed by atoms with E-state index in [1.165, 1.54) is 29.3 Å². The molecule has 2 aromatic carbocycles. The summed E-state index contributed by atoms with van der Waals surface area (Å²) >= 11 is 0. The van der Waals surface area contributed by atoms with Gasteiger partial charge in [0.15, 0.2) is 11.5 Å². The molecule has 3 rings (SSSR count). The van der Waals surface area contributed by atoms with Gasteiger partial charge in [0.2, 0.25) is 0 Å². The van der Waals surface area contributed by atoms with Crippen LogP contribution in [0.4, 0.5) is 4.39 Å². The molecule has 2 aromatic rings. The Balaban J connectivity index is 1.71. The highest BCUT2D eigenvalue weighted by Gasteiger charge is 2.25. The minimum absolute atomic E-state index is 0.220. The summed E-state index contributed by atoms with van der Waals surface area (Å²) in [6.07, 6.45) is 1.89. The zero-order valence-corrected chi connectivity index (χ0v) is 13.8. The van der Waals surface area contributed by atoms with E-state index in [1.807, 2.05) is 12.1 Å². The molecule has 1 aliphatic rings. The Morgan fingerprint density at radius 1 is 1.21 bits per heavy atom. The van der Waals surface area contributed by atoms with E-state index in [-0.39, 0.29) is 11.8 Å². The molecule has 0 radical (unpaired) electrons. The third-order valence-electron chi connectivity index (χ3n) is 4.44. The van der Waals surface area contributed by atoms with Gasteiger partial charge in [0, 0.05) is 18.0 Å². The van der Waals surface area contributed by atoms with Crippen LogP contribution < -0.4 is 14.8 Å². The predicted molar refractivity (Wildman–Crippen MR) is 89.3 cm³/mol. The van der Waals surface area contributed by atoms with Gasteiger partial charge in [-0.3, -0.25) is 4.79 Å². The van der Waals surface area contributed by atoms with Crippen molar-refractivity contribution < 1.29 is 18.7 Å². The first-order chi connectivity index (χ1) is 11.6. The van der Waals surface area contributed by atoms with Gasteiger partial charge >= 0.3 is 0 Å². The third-order valence-corrected chi connectivity index (χ3v) is 4.44. The van der Waals surface area contributed by atoms with Crippen molar-refractivity contribution in [2.75, 3.05) is 20.8 Å². The van der Waals surface area contributed by atoms with Crippen LogP contribution in [0.15, 0.2) is 36.4 Å². The van der Waals surface area contributed by atoms with Gasteiger partial charge < -0.3 is 14.8 Å².